The van der Waals surface area contributed by atoms with Gasteiger partial charge in [0.05, 0.1) is 0 Å². The van der Waals surface area contributed by atoms with Gasteiger partial charge in [0.2, 0.25) is 0 Å². The van der Waals surface area contributed by atoms with Crippen molar-refractivity contribution in [1.29, 1.82) is 0 Å². The number of fused-ring (bicyclic) bond motifs is 5. The smallest absolute Gasteiger partial charge is 0.480 e. The lowest BCUT2D eigenvalue weighted by atomic mass is 9.47. The van der Waals surface area contributed by atoms with Gasteiger partial charge in [0.25, 0.3) is 0 Å². The van der Waals surface area contributed by atoms with E-state index in [4.69, 9.17) is 9.47 Å². The van der Waals surface area contributed by atoms with E-state index in [0.717, 1.165) is 32.1 Å². The molecule has 0 spiro atoms. The first-order valence-corrected chi connectivity index (χ1v) is 15.4. The van der Waals surface area contributed by atoms with Gasteiger partial charge in [-0.2, -0.15) is 0 Å². The van der Waals surface area contributed by atoms with E-state index in [1.54, 1.807) is 24.3 Å². The quantitative estimate of drug-likeness (QED) is 0.201. The van der Waals surface area contributed by atoms with Gasteiger partial charge in [-0.15, -0.1) is 0 Å². The van der Waals surface area contributed by atoms with Gasteiger partial charge in [0, 0.05) is 25.4 Å². The lowest BCUT2D eigenvalue weighted by Crippen LogP contribution is -2.50. The highest BCUT2D eigenvalue weighted by molar-refractivity contribution is 5.75. The topological polar surface area (TPSA) is 97.8 Å². The molecule has 2 aromatic rings. The normalized spacial score (nSPS) is 32.3. The van der Waals surface area contributed by atoms with Crippen molar-refractivity contribution in [2.24, 2.45) is 28.6 Å². The van der Waals surface area contributed by atoms with Crippen molar-refractivity contribution >= 4 is 17.7 Å². The van der Waals surface area contributed by atoms with E-state index in [2.05, 4.69) is 42.4 Å². The van der Waals surface area contributed by atoms with Crippen LogP contribution in [0.1, 0.15) is 76.0 Å². The Bertz CT molecular complexity index is 1360. The van der Waals surface area contributed by atoms with Crippen LogP contribution in [0.25, 0.3) is 5.57 Å². The molecule has 0 aliphatic heterocycles. The third-order valence-electron chi connectivity index (χ3n) is 10.9. The number of carboxylic acids is 1. The number of nitrogens with zero attached hydrogens (tertiary/aromatic N) is 1. The summed E-state index contributed by atoms with van der Waals surface area (Å²) >= 11 is 0. The number of carbonyl (C=O) groups excluding carboxylic acids is 1. The van der Waals surface area contributed by atoms with Crippen LogP contribution in [0.15, 0.2) is 72.6 Å². The fraction of sp³-hybridized carbons (Fsp3) is 0.514. The van der Waals surface area contributed by atoms with Crippen molar-refractivity contribution in [1.82, 2.24) is 10.3 Å². The van der Waals surface area contributed by atoms with Crippen LogP contribution in [-0.2, 0) is 14.3 Å². The van der Waals surface area contributed by atoms with Crippen molar-refractivity contribution in [3.63, 3.8) is 0 Å². The van der Waals surface area contributed by atoms with Crippen LogP contribution in [0, 0.1) is 28.6 Å². The standard InChI is InChI=1S/C35H42N2O5/c1-34-16-14-26(42-33(40)41-20-19-37-31(32(38)39)23-7-4-3-5-8-23)21-25(34)10-11-27-29-13-12-28(24-9-6-18-36-22-24)35(29,2)17-15-30(27)34/h3-10,12,18,22,26-27,29-31,37H,11,13-17,19-21H2,1-2H3,(H,38,39)/t26-,27-,29-,30-,31-,34-,35+/m0/s1. The second kappa shape index (κ2) is 11.7. The minimum absolute atomic E-state index is 0.0432. The van der Waals surface area contributed by atoms with E-state index >= 15 is 0 Å². The minimum atomic E-state index is -0.974. The third kappa shape index (κ3) is 5.28. The minimum Gasteiger partial charge on any atom is -0.480 e. The van der Waals surface area contributed by atoms with E-state index < -0.39 is 18.2 Å². The molecule has 6 rings (SSSR count). The van der Waals surface area contributed by atoms with Crippen molar-refractivity contribution in [2.75, 3.05) is 13.2 Å². The third-order valence-corrected chi connectivity index (χ3v) is 10.9. The van der Waals surface area contributed by atoms with E-state index in [9.17, 15) is 14.7 Å². The zero-order valence-corrected chi connectivity index (χ0v) is 24.6. The number of aliphatic carboxylic acids is 1. The van der Waals surface area contributed by atoms with Crippen LogP contribution >= 0.6 is 0 Å². The molecule has 0 radical (unpaired) electrons. The Morgan fingerprint density at radius 1 is 1.02 bits per heavy atom. The highest BCUT2D eigenvalue weighted by Crippen LogP contribution is 2.66. The zero-order chi connectivity index (χ0) is 29.3. The second-order valence-corrected chi connectivity index (χ2v) is 13.0. The highest BCUT2D eigenvalue weighted by Gasteiger charge is 2.57. The van der Waals surface area contributed by atoms with E-state index in [1.165, 1.54) is 29.6 Å². The predicted octanol–water partition coefficient (Wildman–Crippen LogP) is 6.98. The van der Waals surface area contributed by atoms with Crippen LogP contribution in [0.3, 0.4) is 0 Å². The summed E-state index contributed by atoms with van der Waals surface area (Å²) in [4.78, 5) is 28.6. The molecule has 222 valence electrons. The fourth-order valence-electron chi connectivity index (χ4n) is 8.77. The lowest BCUT2D eigenvalue weighted by molar-refractivity contribution is -0.139. The van der Waals surface area contributed by atoms with Crippen LogP contribution in [-0.4, -0.2) is 41.5 Å². The molecule has 7 atom stereocenters. The Morgan fingerprint density at radius 3 is 2.60 bits per heavy atom. The first-order valence-electron chi connectivity index (χ1n) is 15.4. The van der Waals surface area contributed by atoms with Gasteiger partial charge in [-0.1, -0.05) is 68.0 Å². The van der Waals surface area contributed by atoms with Gasteiger partial charge in [0.1, 0.15) is 18.8 Å². The number of hydrogen-bond acceptors (Lipinski definition) is 6. The number of carbonyl (C=O) groups is 2. The molecule has 1 aromatic heterocycles. The molecule has 4 aliphatic carbocycles. The molecule has 0 amide bonds. The SMILES string of the molecule is C[C@]12CC[C@H](OC(=O)OCCN[C@H](C(=O)O)c3ccccc3)CC1=CC[C@@H]1[C@@H]2CC[C@]2(C)C(c3cccnc3)=CC[C@@H]12. The van der Waals surface area contributed by atoms with Gasteiger partial charge in [-0.05, 0) is 89.9 Å². The molecule has 42 heavy (non-hydrogen) atoms. The molecule has 0 saturated heterocycles. The summed E-state index contributed by atoms with van der Waals surface area (Å²) in [7, 11) is 0. The summed E-state index contributed by atoms with van der Waals surface area (Å²) in [5.41, 5.74) is 5.22. The Labute approximate surface area is 248 Å². The summed E-state index contributed by atoms with van der Waals surface area (Å²) in [6.07, 6.45) is 15.3. The maximum Gasteiger partial charge on any atom is 0.508 e. The average molecular weight is 571 g/mol. The second-order valence-electron chi connectivity index (χ2n) is 13.0. The van der Waals surface area contributed by atoms with Crippen LogP contribution in [0.4, 0.5) is 4.79 Å². The summed E-state index contributed by atoms with van der Waals surface area (Å²) in [5.74, 6) is 1.00. The predicted molar refractivity (Wildman–Crippen MR) is 160 cm³/mol. The van der Waals surface area contributed by atoms with Crippen LogP contribution < -0.4 is 5.32 Å². The number of allylic oxidation sites excluding steroid dienone is 3. The molecular weight excluding hydrogens is 528 g/mol. The highest BCUT2D eigenvalue weighted by atomic mass is 16.7. The van der Waals surface area contributed by atoms with Crippen LogP contribution in [0.5, 0.6) is 0 Å². The fourth-order valence-corrected chi connectivity index (χ4v) is 8.77. The Hall–Kier alpha value is -3.45. The molecule has 4 aliphatic rings. The molecule has 7 heteroatoms. The molecule has 1 heterocycles. The van der Waals surface area contributed by atoms with E-state index in [1.807, 2.05) is 24.5 Å². The Morgan fingerprint density at radius 2 is 1.83 bits per heavy atom. The molecule has 2 N–H and O–H groups in total. The number of aromatic nitrogens is 1. The van der Waals surface area contributed by atoms with Crippen molar-refractivity contribution in [3.8, 4) is 0 Å². The number of carboxylic acid groups (broad SMARTS) is 1. The van der Waals surface area contributed by atoms with Crippen LogP contribution in [0.2, 0.25) is 0 Å². The van der Waals surface area contributed by atoms with Gasteiger partial charge < -0.3 is 14.6 Å². The van der Waals surface area contributed by atoms with Crippen molar-refractivity contribution in [3.05, 3.63) is 83.7 Å². The molecule has 2 fully saturated rings. The van der Waals surface area contributed by atoms with E-state index in [0.29, 0.717) is 23.3 Å². The molecule has 0 bridgehead atoms. The number of hydrogen-bond donors (Lipinski definition) is 2. The summed E-state index contributed by atoms with van der Waals surface area (Å²) < 4.78 is 11.1. The number of ether oxygens (including phenoxy) is 2. The number of pyridine rings is 1. The molecular formula is C35H42N2O5. The van der Waals surface area contributed by atoms with Gasteiger partial charge in [-0.3, -0.25) is 15.1 Å². The van der Waals surface area contributed by atoms with Crippen molar-refractivity contribution in [2.45, 2.75) is 70.9 Å². The number of rotatable bonds is 8. The maximum absolute atomic E-state index is 12.5. The van der Waals surface area contributed by atoms with E-state index in [-0.39, 0.29) is 30.1 Å². The summed E-state index contributed by atoms with van der Waals surface area (Å²) in [5, 5.41) is 12.5. The largest absolute Gasteiger partial charge is 0.508 e. The van der Waals surface area contributed by atoms with Gasteiger partial charge in [-0.25, -0.2) is 4.79 Å². The Kier molecular flexibility index (Phi) is 7.97. The molecule has 7 nitrogen and oxygen atoms in total. The van der Waals surface area contributed by atoms with Gasteiger partial charge in [0.15, 0.2) is 0 Å². The summed E-state index contributed by atoms with van der Waals surface area (Å²) in [6, 6.07) is 12.4. The maximum atomic E-state index is 12.5. The molecule has 1 aromatic carbocycles. The average Bonchev–Trinajstić information content (AvgIpc) is 3.35. The first-order chi connectivity index (χ1) is 20.3. The lowest BCUT2D eigenvalue weighted by Gasteiger charge is -2.57. The number of benzene rings is 1. The zero-order valence-electron chi connectivity index (χ0n) is 24.6. The molecule has 2 saturated carbocycles. The van der Waals surface area contributed by atoms with Gasteiger partial charge >= 0.3 is 12.1 Å². The number of nitrogens with one attached hydrogen (secondary N) is 1. The van der Waals surface area contributed by atoms with Crippen molar-refractivity contribution < 1.29 is 24.2 Å². The first kappa shape index (κ1) is 28.7. The molecule has 0 unspecified atom stereocenters. The Balaban J connectivity index is 1.02. The monoisotopic (exact) mass is 570 g/mol. The summed E-state index contributed by atoms with van der Waals surface area (Å²) in [6.45, 7) is 5.20.